The van der Waals surface area contributed by atoms with Crippen LogP contribution in [0.5, 0.6) is 5.75 Å². The standard InChI is InChI=1S/C21H25FN4O4/c1-3-18-6-4-5-9-26(18)21(28)30-29-19-11-15(22)10-17(12-19)25-20(27)24-16-8-7-14(2)23-13-16/h7-8,10-13,18H,3-6,9H2,1-2H3,(H2,24,25,27)/t18-/m0/s1. The Bertz CT molecular complexity index is 891. The summed E-state index contributed by atoms with van der Waals surface area (Å²) in [6, 6.07) is 6.53. The van der Waals surface area contributed by atoms with E-state index in [0.717, 1.165) is 43.5 Å². The number of urea groups is 1. The van der Waals surface area contributed by atoms with Gasteiger partial charge in [0.05, 0.1) is 11.9 Å². The van der Waals surface area contributed by atoms with Gasteiger partial charge in [-0.05, 0) is 50.8 Å². The molecule has 0 bridgehead atoms. The van der Waals surface area contributed by atoms with Crippen LogP contribution >= 0.6 is 0 Å². The number of halogens is 1. The van der Waals surface area contributed by atoms with Gasteiger partial charge >= 0.3 is 12.1 Å². The average molecular weight is 416 g/mol. The van der Waals surface area contributed by atoms with E-state index in [1.807, 2.05) is 13.8 Å². The second kappa shape index (κ2) is 9.91. The Kier molecular flexibility index (Phi) is 7.05. The number of rotatable bonds is 5. The Hall–Kier alpha value is -3.36. The van der Waals surface area contributed by atoms with Gasteiger partial charge in [0.1, 0.15) is 5.82 Å². The van der Waals surface area contributed by atoms with Crippen molar-refractivity contribution in [2.45, 2.75) is 45.6 Å². The van der Waals surface area contributed by atoms with Gasteiger partial charge < -0.3 is 15.5 Å². The summed E-state index contributed by atoms with van der Waals surface area (Å²) in [4.78, 5) is 40.1. The Morgan fingerprint density at radius 3 is 2.73 bits per heavy atom. The molecule has 1 aliphatic rings. The summed E-state index contributed by atoms with van der Waals surface area (Å²) in [5.74, 6) is -0.694. The largest absolute Gasteiger partial charge is 0.453 e. The highest BCUT2D eigenvalue weighted by Crippen LogP contribution is 2.23. The molecule has 0 unspecified atom stereocenters. The van der Waals surface area contributed by atoms with E-state index in [-0.39, 0.29) is 17.5 Å². The zero-order valence-electron chi connectivity index (χ0n) is 17.0. The third kappa shape index (κ3) is 5.82. The molecule has 0 spiro atoms. The SMILES string of the molecule is CC[C@H]1CCCCN1C(=O)OOc1cc(F)cc(NC(=O)Nc2ccc(C)nc2)c1. The van der Waals surface area contributed by atoms with Gasteiger partial charge in [0.15, 0.2) is 5.75 Å². The number of aryl methyl sites for hydroxylation is 1. The van der Waals surface area contributed by atoms with Crippen molar-refractivity contribution in [2.75, 3.05) is 17.2 Å². The summed E-state index contributed by atoms with van der Waals surface area (Å²) >= 11 is 0. The van der Waals surface area contributed by atoms with E-state index in [2.05, 4.69) is 15.6 Å². The molecular weight excluding hydrogens is 391 g/mol. The zero-order chi connectivity index (χ0) is 21.5. The molecule has 1 fully saturated rings. The van der Waals surface area contributed by atoms with Crippen molar-refractivity contribution >= 4 is 23.5 Å². The number of nitrogens with one attached hydrogen (secondary N) is 2. The fraction of sp³-hybridized carbons (Fsp3) is 0.381. The van der Waals surface area contributed by atoms with E-state index in [1.54, 1.807) is 17.0 Å². The van der Waals surface area contributed by atoms with E-state index in [0.29, 0.717) is 12.2 Å². The van der Waals surface area contributed by atoms with Crippen molar-refractivity contribution in [1.29, 1.82) is 0 Å². The first-order valence-corrected chi connectivity index (χ1v) is 9.91. The van der Waals surface area contributed by atoms with Gasteiger partial charge in [-0.25, -0.2) is 18.9 Å². The lowest BCUT2D eigenvalue weighted by Gasteiger charge is -2.33. The Morgan fingerprint density at radius 1 is 1.20 bits per heavy atom. The minimum atomic E-state index is -0.653. The van der Waals surface area contributed by atoms with Gasteiger partial charge in [0.25, 0.3) is 0 Å². The van der Waals surface area contributed by atoms with Crippen molar-refractivity contribution in [1.82, 2.24) is 9.88 Å². The molecule has 1 aliphatic heterocycles. The third-order valence-corrected chi connectivity index (χ3v) is 4.84. The van der Waals surface area contributed by atoms with Crippen LogP contribution in [0.2, 0.25) is 0 Å². The van der Waals surface area contributed by atoms with E-state index < -0.39 is 17.9 Å². The maximum Gasteiger partial charge on any atom is 0.453 e. The molecular formula is C21H25FN4O4. The highest BCUT2D eigenvalue weighted by Gasteiger charge is 2.27. The number of benzene rings is 1. The highest BCUT2D eigenvalue weighted by molar-refractivity contribution is 5.99. The minimum Gasteiger partial charge on any atom is -0.307 e. The van der Waals surface area contributed by atoms with Gasteiger partial charge in [-0.1, -0.05) is 6.92 Å². The molecule has 0 radical (unpaired) electrons. The van der Waals surface area contributed by atoms with Crippen LogP contribution in [0.25, 0.3) is 0 Å². The molecule has 3 amide bonds. The summed E-state index contributed by atoms with van der Waals surface area (Å²) in [5.41, 5.74) is 1.45. The number of hydrogen-bond acceptors (Lipinski definition) is 5. The molecule has 0 aliphatic carbocycles. The van der Waals surface area contributed by atoms with Crippen LogP contribution in [-0.2, 0) is 4.89 Å². The normalized spacial score (nSPS) is 16.0. The molecule has 1 atom stereocenters. The lowest BCUT2D eigenvalue weighted by atomic mass is 10.0. The molecule has 1 aromatic heterocycles. The van der Waals surface area contributed by atoms with Crippen molar-refractivity contribution in [2.24, 2.45) is 0 Å². The molecule has 30 heavy (non-hydrogen) atoms. The number of nitrogens with zero attached hydrogens (tertiary/aromatic N) is 2. The fourth-order valence-corrected chi connectivity index (χ4v) is 3.32. The summed E-state index contributed by atoms with van der Waals surface area (Å²) in [5, 5.41) is 5.10. The number of likely N-dealkylation sites (tertiary alicyclic amines) is 1. The van der Waals surface area contributed by atoms with Crippen molar-refractivity contribution in [3.05, 3.63) is 48.0 Å². The molecule has 2 N–H and O–H groups in total. The minimum absolute atomic E-state index is 0.0410. The Balaban J connectivity index is 1.58. The number of carbonyl (C=O) groups excluding carboxylic acids is 2. The first-order chi connectivity index (χ1) is 14.4. The highest BCUT2D eigenvalue weighted by atomic mass is 19.1. The first-order valence-electron chi connectivity index (χ1n) is 9.91. The Morgan fingerprint density at radius 2 is 2.00 bits per heavy atom. The lowest BCUT2D eigenvalue weighted by molar-refractivity contribution is -0.158. The van der Waals surface area contributed by atoms with Gasteiger partial charge in [-0.15, -0.1) is 0 Å². The van der Waals surface area contributed by atoms with E-state index in [1.165, 1.54) is 12.3 Å². The number of piperidine rings is 1. The van der Waals surface area contributed by atoms with Crippen LogP contribution in [0.3, 0.4) is 0 Å². The maximum absolute atomic E-state index is 13.9. The van der Waals surface area contributed by atoms with Gasteiger partial charge in [0.2, 0.25) is 0 Å². The lowest BCUT2D eigenvalue weighted by Crippen LogP contribution is -2.44. The number of pyridine rings is 1. The summed E-state index contributed by atoms with van der Waals surface area (Å²) in [6.07, 6.45) is 4.64. The molecule has 2 aromatic rings. The molecule has 2 heterocycles. The predicted molar refractivity (Wildman–Crippen MR) is 110 cm³/mol. The molecule has 160 valence electrons. The van der Waals surface area contributed by atoms with Crippen molar-refractivity contribution < 1.29 is 23.8 Å². The van der Waals surface area contributed by atoms with Crippen molar-refractivity contribution in [3.63, 3.8) is 0 Å². The Labute approximate surface area is 174 Å². The molecule has 8 nitrogen and oxygen atoms in total. The van der Waals surface area contributed by atoms with Crippen LogP contribution in [0.15, 0.2) is 36.5 Å². The molecule has 9 heteroatoms. The smallest absolute Gasteiger partial charge is 0.307 e. The second-order valence-corrected chi connectivity index (χ2v) is 7.13. The predicted octanol–water partition coefficient (Wildman–Crippen LogP) is 4.87. The molecule has 0 saturated carbocycles. The van der Waals surface area contributed by atoms with E-state index in [4.69, 9.17) is 9.78 Å². The van der Waals surface area contributed by atoms with Gasteiger partial charge in [-0.2, -0.15) is 0 Å². The summed E-state index contributed by atoms with van der Waals surface area (Å²) in [7, 11) is 0. The van der Waals surface area contributed by atoms with Gasteiger partial charge in [-0.3, -0.25) is 9.87 Å². The van der Waals surface area contributed by atoms with E-state index in [9.17, 15) is 14.0 Å². The van der Waals surface area contributed by atoms with Crippen LogP contribution in [0, 0.1) is 12.7 Å². The summed E-state index contributed by atoms with van der Waals surface area (Å²) in [6.45, 7) is 4.45. The monoisotopic (exact) mass is 416 g/mol. The van der Waals surface area contributed by atoms with Crippen LogP contribution in [-0.4, -0.2) is 34.6 Å². The number of hydrogen-bond donors (Lipinski definition) is 2. The molecule has 1 aromatic carbocycles. The van der Waals surface area contributed by atoms with Gasteiger partial charge in [0, 0.05) is 36.1 Å². The average Bonchev–Trinajstić information content (AvgIpc) is 2.73. The topological polar surface area (TPSA) is 92.8 Å². The first kappa shape index (κ1) is 21.4. The fourth-order valence-electron chi connectivity index (χ4n) is 3.32. The summed E-state index contributed by atoms with van der Waals surface area (Å²) < 4.78 is 13.9. The van der Waals surface area contributed by atoms with Crippen molar-refractivity contribution in [3.8, 4) is 5.75 Å². The van der Waals surface area contributed by atoms with E-state index >= 15 is 0 Å². The zero-order valence-corrected chi connectivity index (χ0v) is 17.0. The number of carbonyl (C=O) groups is 2. The number of aromatic nitrogens is 1. The quantitative estimate of drug-likeness (QED) is 0.536. The van der Waals surface area contributed by atoms with Crippen LogP contribution in [0.1, 0.15) is 38.3 Å². The van der Waals surface area contributed by atoms with Crippen LogP contribution < -0.4 is 15.5 Å². The second-order valence-electron chi connectivity index (χ2n) is 7.13. The number of anilines is 2. The third-order valence-electron chi connectivity index (χ3n) is 4.84. The molecule has 3 rings (SSSR count). The van der Waals surface area contributed by atoms with Crippen LogP contribution in [0.4, 0.5) is 25.4 Å². The maximum atomic E-state index is 13.9. The number of amides is 3. The molecule has 1 saturated heterocycles.